The van der Waals surface area contributed by atoms with Crippen molar-refractivity contribution in [2.45, 2.75) is 18.9 Å². The Balaban J connectivity index is 1.53. The number of hydrogen-bond donors (Lipinski definition) is 1. The Kier molecular flexibility index (Phi) is 3.01. The summed E-state index contributed by atoms with van der Waals surface area (Å²) in [5.41, 5.74) is 0. The fourth-order valence-electron chi connectivity index (χ4n) is 3.49. The number of morpholine rings is 1. The van der Waals surface area contributed by atoms with Crippen LogP contribution in [-0.2, 0) is 4.74 Å². The summed E-state index contributed by atoms with van der Waals surface area (Å²) in [6.45, 7) is 4.09. The molecule has 90 valence electrons. The van der Waals surface area contributed by atoms with Crippen LogP contribution in [0.4, 0.5) is 0 Å². The number of hydrogen-bond acceptors (Lipinski definition) is 3. The Labute approximate surface area is 97.1 Å². The van der Waals surface area contributed by atoms with E-state index in [0.29, 0.717) is 0 Å². The Morgan fingerprint density at radius 1 is 1.31 bits per heavy atom. The number of ether oxygens (including phenoxy) is 1. The van der Waals surface area contributed by atoms with E-state index in [-0.39, 0.29) is 12.7 Å². The van der Waals surface area contributed by atoms with Crippen molar-refractivity contribution in [3.63, 3.8) is 0 Å². The van der Waals surface area contributed by atoms with E-state index in [1.54, 1.807) is 0 Å². The van der Waals surface area contributed by atoms with Crippen molar-refractivity contribution < 1.29 is 9.84 Å². The Bertz CT molecular complexity index is 279. The maximum atomic E-state index is 9.11. The monoisotopic (exact) mass is 223 g/mol. The molecule has 3 nitrogen and oxygen atoms in total. The van der Waals surface area contributed by atoms with Crippen LogP contribution in [0.25, 0.3) is 0 Å². The van der Waals surface area contributed by atoms with E-state index in [1.165, 1.54) is 19.4 Å². The highest BCUT2D eigenvalue weighted by molar-refractivity contribution is 5.10. The van der Waals surface area contributed by atoms with Crippen molar-refractivity contribution in [3.8, 4) is 0 Å². The zero-order valence-corrected chi connectivity index (χ0v) is 9.72. The van der Waals surface area contributed by atoms with Gasteiger partial charge in [-0.25, -0.2) is 0 Å². The van der Waals surface area contributed by atoms with E-state index >= 15 is 0 Å². The molecule has 0 spiro atoms. The Morgan fingerprint density at radius 2 is 2.25 bits per heavy atom. The van der Waals surface area contributed by atoms with Gasteiger partial charge in [0.15, 0.2) is 0 Å². The lowest BCUT2D eigenvalue weighted by Gasteiger charge is -2.34. The molecule has 4 atom stereocenters. The van der Waals surface area contributed by atoms with Gasteiger partial charge < -0.3 is 9.84 Å². The highest BCUT2D eigenvalue weighted by Gasteiger charge is 2.36. The molecule has 16 heavy (non-hydrogen) atoms. The standard InChI is InChI=1S/C13H21NO2/c15-9-13-8-14(3-4-16-13)7-12-6-10-1-2-11(12)5-10/h1-2,10-13,15H,3-9H2. The van der Waals surface area contributed by atoms with Crippen LogP contribution in [0.1, 0.15) is 12.8 Å². The molecule has 2 aliphatic carbocycles. The lowest BCUT2D eigenvalue weighted by molar-refractivity contribution is -0.0569. The Morgan fingerprint density at radius 3 is 2.94 bits per heavy atom. The van der Waals surface area contributed by atoms with Crippen LogP contribution in [0, 0.1) is 17.8 Å². The number of allylic oxidation sites excluding steroid dienone is 2. The van der Waals surface area contributed by atoms with Crippen LogP contribution in [0.15, 0.2) is 12.2 Å². The van der Waals surface area contributed by atoms with Gasteiger partial charge in [0.05, 0.1) is 19.3 Å². The third-order valence-corrected chi connectivity index (χ3v) is 4.34. The highest BCUT2D eigenvalue weighted by Crippen LogP contribution is 2.43. The van der Waals surface area contributed by atoms with E-state index in [0.717, 1.165) is 37.5 Å². The summed E-state index contributed by atoms with van der Waals surface area (Å²) < 4.78 is 5.48. The number of aliphatic hydroxyl groups is 1. The molecule has 3 heteroatoms. The summed E-state index contributed by atoms with van der Waals surface area (Å²) in [5.74, 6) is 2.55. The van der Waals surface area contributed by atoms with E-state index in [2.05, 4.69) is 17.1 Å². The molecule has 2 bridgehead atoms. The zero-order chi connectivity index (χ0) is 11.0. The first kappa shape index (κ1) is 10.8. The first-order chi connectivity index (χ1) is 7.85. The SMILES string of the molecule is OCC1CN(CC2CC3C=CC2C3)CCO1. The molecule has 0 aromatic carbocycles. The molecule has 3 rings (SSSR count). The Hall–Kier alpha value is -0.380. The smallest absolute Gasteiger partial charge is 0.0932 e. The van der Waals surface area contributed by atoms with Gasteiger partial charge in [-0.1, -0.05) is 12.2 Å². The summed E-state index contributed by atoms with van der Waals surface area (Å²) in [5, 5.41) is 9.11. The van der Waals surface area contributed by atoms with Crippen LogP contribution < -0.4 is 0 Å². The second kappa shape index (κ2) is 4.47. The van der Waals surface area contributed by atoms with Crippen molar-refractivity contribution in [2.24, 2.45) is 17.8 Å². The van der Waals surface area contributed by atoms with Crippen LogP contribution in [0.2, 0.25) is 0 Å². The fraction of sp³-hybridized carbons (Fsp3) is 0.846. The van der Waals surface area contributed by atoms with Crippen LogP contribution in [-0.4, -0.2) is 49.0 Å². The third-order valence-electron chi connectivity index (χ3n) is 4.34. The summed E-state index contributed by atoms with van der Waals surface area (Å²) >= 11 is 0. The van der Waals surface area contributed by atoms with Gasteiger partial charge in [0, 0.05) is 19.6 Å². The predicted octanol–water partition coefficient (Wildman–Crippen LogP) is 0.892. The largest absolute Gasteiger partial charge is 0.394 e. The van der Waals surface area contributed by atoms with E-state index in [4.69, 9.17) is 9.84 Å². The molecule has 2 fully saturated rings. The third kappa shape index (κ3) is 2.04. The molecule has 3 aliphatic rings. The molecule has 0 aromatic heterocycles. The van der Waals surface area contributed by atoms with Crippen LogP contribution in [0.3, 0.4) is 0 Å². The zero-order valence-electron chi connectivity index (χ0n) is 9.72. The van der Waals surface area contributed by atoms with Crippen LogP contribution in [0.5, 0.6) is 0 Å². The molecule has 0 aromatic rings. The molecule has 4 unspecified atom stereocenters. The molecule has 1 N–H and O–H groups in total. The number of fused-ring (bicyclic) bond motifs is 2. The lowest BCUT2D eigenvalue weighted by Crippen LogP contribution is -2.46. The summed E-state index contributed by atoms with van der Waals surface area (Å²) in [4.78, 5) is 2.48. The number of nitrogens with zero attached hydrogens (tertiary/aromatic N) is 1. The van der Waals surface area contributed by atoms with Crippen LogP contribution >= 0.6 is 0 Å². The van der Waals surface area contributed by atoms with Gasteiger partial charge in [0.1, 0.15) is 0 Å². The van der Waals surface area contributed by atoms with Crippen molar-refractivity contribution >= 4 is 0 Å². The van der Waals surface area contributed by atoms with Crippen molar-refractivity contribution in [1.82, 2.24) is 4.90 Å². The van der Waals surface area contributed by atoms with Gasteiger partial charge in [-0.05, 0) is 30.6 Å². The predicted molar refractivity (Wildman–Crippen MR) is 62.1 cm³/mol. The van der Waals surface area contributed by atoms with Crippen molar-refractivity contribution in [2.75, 3.05) is 32.8 Å². The molecule has 0 radical (unpaired) electrons. The van der Waals surface area contributed by atoms with Gasteiger partial charge in [0.25, 0.3) is 0 Å². The maximum Gasteiger partial charge on any atom is 0.0932 e. The normalized spacial score (nSPS) is 43.1. The molecule has 1 heterocycles. The average Bonchev–Trinajstić information content (AvgIpc) is 2.91. The molecule has 1 saturated carbocycles. The molecular formula is C13H21NO2. The number of rotatable bonds is 3. The van der Waals surface area contributed by atoms with Crippen molar-refractivity contribution in [3.05, 3.63) is 12.2 Å². The van der Waals surface area contributed by atoms with E-state index < -0.39 is 0 Å². The van der Waals surface area contributed by atoms with Gasteiger partial charge >= 0.3 is 0 Å². The minimum Gasteiger partial charge on any atom is -0.394 e. The summed E-state index contributed by atoms with van der Waals surface area (Å²) in [6.07, 6.45) is 7.63. The maximum absolute atomic E-state index is 9.11. The van der Waals surface area contributed by atoms with Gasteiger partial charge in [0.2, 0.25) is 0 Å². The number of aliphatic hydroxyl groups excluding tert-OH is 1. The van der Waals surface area contributed by atoms with Gasteiger partial charge in [-0.3, -0.25) is 4.90 Å². The molecule has 1 saturated heterocycles. The summed E-state index contributed by atoms with van der Waals surface area (Å²) in [7, 11) is 0. The lowest BCUT2D eigenvalue weighted by atomic mass is 9.93. The molecule has 1 aliphatic heterocycles. The minimum absolute atomic E-state index is 0.0443. The molecule has 0 amide bonds. The van der Waals surface area contributed by atoms with E-state index in [9.17, 15) is 0 Å². The topological polar surface area (TPSA) is 32.7 Å². The second-order valence-corrected chi connectivity index (χ2v) is 5.48. The molecular weight excluding hydrogens is 202 g/mol. The average molecular weight is 223 g/mol. The van der Waals surface area contributed by atoms with Gasteiger partial charge in [-0.2, -0.15) is 0 Å². The first-order valence-electron chi connectivity index (χ1n) is 6.48. The quantitative estimate of drug-likeness (QED) is 0.721. The van der Waals surface area contributed by atoms with E-state index in [1.807, 2.05) is 0 Å². The second-order valence-electron chi connectivity index (χ2n) is 5.48. The van der Waals surface area contributed by atoms with Gasteiger partial charge in [-0.15, -0.1) is 0 Å². The first-order valence-corrected chi connectivity index (χ1v) is 6.48. The minimum atomic E-state index is 0.0443. The summed E-state index contributed by atoms with van der Waals surface area (Å²) in [6, 6.07) is 0. The van der Waals surface area contributed by atoms with Crippen molar-refractivity contribution in [1.29, 1.82) is 0 Å². The highest BCUT2D eigenvalue weighted by atomic mass is 16.5. The fourth-order valence-corrected chi connectivity index (χ4v) is 3.49.